The number of halogens is 1. The fourth-order valence-corrected chi connectivity index (χ4v) is 3.46. The van der Waals surface area contributed by atoms with E-state index in [9.17, 15) is 4.79 Å². The summed E-state index contributed by atoms with van der Waals surface area (Å²) in [6, 6.07) is 13.6. The van der Waals surface area contributed by atoms with E-state index in [-0.39, 0.29) is 11.7 Å². The topological polar surface area (TPSA) is 69.0 Å². The molecule has 0 aliphatic heterocycles. The first-order chi connectivity index (χ1) is 13.4. The fraction of sp³-hybridized carbons (Fsp3) is 0.250. The number of rotatable bonds is 7. The average Bonchev–Trinajstić information content (AvgIpc) is 3.02. The third-order valence-electron chi connectivity index (χ3n) is 4.11. The maximum atomic E-state index is 12.3. The van der Waals surface area contributed by atoms with Gasteiger partial charge in [0.25, 0.3) is 0 Å². The summed E-state index contributed by atoms with van der Waals surface area (Å²) in [4.78, 5) is 12.3. The molecule has 0 spiro atoms. The molecule has 0 aliphatic rings. The molecule has 146 valence electrons. The number of aryl methyl sites for hydroxylation is 2. The van der Waals surface area contributed by atoms with Crippen molar-refractivity contribution in [3.63, 3.8) is 0 Å². The number of hydrogen-bond donors (Lipinski definition) is 1. The third-order valence-corrected chi connectivity index (χ3v) is 5.66. The summed E-state index contributed by atoms with van der Waals surface area (Å²) in [5, 5.41) is 11.9. The normalized spacial score (nSPS) is 10.7. The van der Waals surface area contributed by atoms with Gasteiger partial charge >= 0.3 is 0 Å². The predicted octanol–water partition coefficient (Wildman–Crippen LogP) is 4.50. The number of thioether (sulfide) groups is 1. The molecule has 2 aromatic carbocycles. The summed E-state index contributed by atoms with van der Waals surface area (Å²) in [5.41, 5.74) is 2.99. The van der Waals surface area contributed by atoms with Crippen molar-refractivity contribution in [1.29, 1.82) is 0 Å². The molecule has 0 radical (unpaired) electrons. The van der Waals surface area contributed by atoms with Gasteiger partial charge in [0.05, 0.1) is 5.75 Å². The molecule has 6 nitrogen and oxygen atoms in total. The molecule has 1 N–H and O–H groups in total. The van der Waals surface area contributed by atoms with Crippen LogP contribution < -0.4 is 10.1 Å². The van der Waals surface area contributed by atoms with Gasteiger partial charge in [-0.1, -0.05) is 39.8 Å². The van der Waals surface area contributed by atoms with Crippen LogP contribution >= 0.6 is 27.7 Å². The molecule has 0 bridgehead atoms. The third kappa shape index (κ3) is 5.36. The summed E-state index contributed by atoms with van der Waals surface area (Å²) in [7, 11) is 1.87. The molecule has 0 unspecified atom stereocenters. The maximum Gasteiger partial charge on any atom is 0.234 e. The Labute approximate surface area is 176 Å². The number of anilines is 1. The molecule has 1 heterocycles. The smallest absolute Gasteiger partial charge is 0.234 e. The highest BCUT2D eigenvalue weighted by molar-refractivity contribution is 9.10. The standard InChI is InChI=1S/C20H21BrN4O2S/c1-13-4-5-14(2)17(10-13)22-19(26)12-28-20-24-23-18(25(20)3)11-27-16-8-6-15(21)7-9-16/h4-10H,11-12H2,1-3H3,(H,22,26). The van der Waals surface area contributed by atoms with Gasteiger partial charge < -0.3 is 14.6 Å². The van der Waals surface area contributed by atoms with E-state index in [0.29, 0.717) is 17.6 Å². The molecule has 1 amide bonds. The van der Waals surface area contributed by atoms with Crippen LogP contribution in [0.3, 0.4) is 0 Å². The van der Waals surface area contributed by atoms with E-state index in [2.05, 4.69) is 31.4 Å². The summed E-state index contributed by atoms with van der Waals surface area (Å²) >= 11 is 4.74. The number of carbonyl (C=O) groups excluding carboxylic acids is 1. The van der Waals surface area contributed by atoms with Crippen molar-refractivity contribution in [2.24, 2.45) is 7.05 Å². The van der Waals surface area contributed by atoms with Crippen molar-refractivity contribution in [2.75, 3.05) is 11.1 Å². The lowest BCUT2D eigenvalue weighted by atomic mass is 10.1. The highest BCUT2D eigenvalue weighted by Crippen LogP contribution is 2.20. The second-order valence-corrected chi connectivity index (χ2v) is 8.21. The zero-order valence-electron chi connectivity index (χ0n) is 15.9. The Hall–Kier alpha value is -2.32. The minimum Gasteiger partial charge on any atom is -0.486 e. The second kappa shape index (κ2) is 9.25. The molecule has 0 saturated carbocycles. The Bertz CT molecular complexity index is 973. The van der Waals surface area contributed by atoms with Gasteiger partial charge in [-0.15, -0.1) is 10.2 Å². The van der Waals surface area contributed by atoms with Crippen LogP contribution in [-0.4, -0.2) is 26.4 Å². The monoisotopic (exact) mass is 460 g/mol. The summed E-state index contributed by atoms with van der Waals surface area (Å²) in [6.45, 7) is 4.28. The molecule has 0 saturated heterocycles. The van der Waals surface area contributed by atoms with Crippen LogP contribution in [0.15, 0.2) is 52.1 Å². The molecular formula is C20H21BrN4O2S. The molecule has 0 atom stereocenters. The summed E-state index contributed by atoms with van der Waals surface area (Å²) in [6.07, 6.45) is 0. The van der Waals surface area contributed by atoms with E-state index in [1.165, 1.54) is 11.8 Å². The van der Waals surface area contributed by atoms with Crippen LogP contribution in [0.1, 0.15) is 17.0 Å². The van der Waals surface area contributed by atoms with Crippen LogP contribution in [0, 0.1) is 13.8 Å². The Kier molecular flexibility index (Phi) is 6.74. The Morgan fingerprint density at radius 1 is 1.18 bits per heavy atom. The van der Waals surface area contributed by atoms with E-state index < -0.39 is 0 Å². The molecule has 3 rings (SSSR count). The predicted molar refractivity (Wildman–Crippen MR) is 115 cm³/mol. The van der Waals surface area contributed by atoms with Crippen molar-refractivity contribution in [2.45, 2.75) is 25.6 Å². The van der Waals surface area contributed by atoms with Crippen LogP contribution in [0.2, 0.25) is 0 Å². The lowest BCUT2D eigenvalue weighted by Crippen LogP contribution is -2.15. The van der Waals surface area contributed by atoms with Crippen molar-refractivity contribution in [3.05, 3.63) is 63.9 Å². The van der Waals surface area contributed by atoms with Gasteiger partial charge in [0, 0.05) is 17.2 Å². The number of hydrogen-bond acceptors (Lipinski definition) is 5. The quantitative estimate of drug-likeness (QED) is 0.525. The summed E-state index contributed by atoms with van der Waals surface area (Å²) in [5.74, 6) is 1.63. The first kappa shape index (κ1) is 20.4. The van der Waals surface area contributed by atoms with Gasteiger partial charge in [-0.05, 0) is 55.3 Å². The van der Waals surface area contributed by atoms with E-state index in [1.807, 2.05) is 67.9 Å². The second-order valence-electron chi connectivity index (χ2n) is 6.36. The maximum absolute atomic E-state index is 12.3. The molecule has 0 aliphatic carbocycles. The van der Waals surface area contributed by atoms with Gasteiger partial charge in [0.2, 0.25) is 5.91 Å². The summed E-state index contributed by atoms with van der Waals surface area (Å²) < 4.78 is 8.58. The van der Waals surface area contributed by atoms with Crippen molar-refractivity contribution < 1.29 is 9.53 Å². The van der Waals surface area contributed by atoms with Gasteiger partial charge in [-0.25, -0.2) is 0 Å². The first-order valence-electron chi connectivity index (χ1n) is 8.69. The van der Waals surface area contributed by atoms with Gasteiger partial charge in [-0.2, -0.15) is 0 Å². The fourth-order valence-electron chi connectivity index (χ4n) is 2.46. The van der Waals surface area contributed by atoms with Crippen molar-refractivity contribution in [1.82, 2.24) is 14.8 Å². The molecule has 1 aromatic heterocycles. The number of benzene rings is 2. The highest BCUT2D eigenvalue weighted by Gasteiger charge is 2.13. The molecule has 0 fully saturated rings. The first-order valence-corrected chi connectivity index (χ1v) is 10.5. The number of amides is 1. The number of nitrogens with zero attached hydrogens (tertiary/aromatic N) is 3. The number of carbonyl (C=O) groups is 1. The average molecular weight is 461 g/mol. The van der Waals surface area contributed by atoms with Crippen LogP contribution in [0.5, 0.6) is 5.75 Å². The number of aromatic nitrogens is 3. The van der Waals surface area contributed by atoms with Crippen LogP contribution in [0.4, 0.5) is 5.69 Å². The van der Waals surface area contributed by atoms with E-state index in [4.69, 9.17) is 4.74 Å². The highest BCUT2D eigenvalue weighted by atomic mass is 79.9. The van der Waals surface area contributed by atoms with E-state index in [1.54, 1.807) is 0 Å². The van der Waals surface area contributed by atoms with E-state index in [0.717, 1.165) is 27.0 Å². The molecule has 3 aromatic rings. The zero-order valence-corrected chi connectivity index (χ0v) is 18.3. The molecule has 8 heteroatoms. The van der Waals surface area contributed by atoms with Crippen LogP contribution in [-0.2, 0) is 18.4 Å². The van der Waals surface area contributed by atoms with Gasteiger partial charge in [-0.3, -0.25) is 4.79 Å². The minimum atomic E-state index is -0.0747. The Morgan fingerprint density at radius 3 is 2.68 bits per heavy atom. The Morgan fingerprint density at radius 2 is 1.93 bits per heavy atom. The number of ether oxygens (including phenoxy) is 1. The molecule has 28 heavy (non-hydrogen) atoms. The Balaban J connectivity index is 1.54. The minimum absolute atomic E-state index is 0.0747. The van der Waals surface area contributed by atoms with Crippen molar-refractivity contribution in [3.8, 4) is 5.75 Å². The lowest BCUT2D eigenvalue weighted by Gasteiger charge is -2.09. The number of nitrogens with one attached hydrogen (secondary N) is 1. The van der Waals surface area contributed by atoms with Gasteiger partial charge in [0.15, 0.2) is 11.0 Å². The lowest BCUT2D eigenvalue weighted by molar-refractivity contribution is -0.113. The van der Waals surface area contributed by atoms with E-state index >= 15 is 0 Å². The zero-order chi connectivity index (χ0) is 20.1. The van der Waals surface area contributed by atoms with Crippen LogP contribution in [0.25, 0.3) is 0 Å². The SMILES string of the molecule is Cc1ccc(C)c(NC(=O)CSc2nnc(COc3ccc(Br)cc3)n2C)c1. The molecular weight excluding hydrogens is 440 g/mol. The van der Waals surface area contributed by atoms with Crippen molar-refractivity contribution >= 4 is 39.3 Å². The largest absolute Gasteiger partial charge is 0.486 e. The van der Waals surface area contributed by atoms with Gasteiger partial charge in [0.1, 0.15) is 12.4 Å².